The molecule has 0 aromatic heterocycles. The van der Waals surface area contributed by atoms with Gasteiger partial charge in [0.1, 0.15) is 6.10 Å². The van der Waals surface area contributed by atoms with Gasteiger partial charge in [-0.2, -0.15) is 0 Å². The first-order chi connectivity index (χ1) is 6.81. The molecule has 0 aromatic carbocycles. The van der Waals surface area contributed by atoms with Crippen LogP contribution in [0.5, 0.6) is 0 Å². The molecular weight excluding hydrogens is 176 g/mol. The fourth-order valence-corrected chi connectivity index (χ4v) is 4.29. The van der Waals surface area contributed by atoms with Gasteiger partial charge in [0.05, 0.1) is 12.4 Å². The Hall–Kier alpha value is -0.500. The number of hydrogen-bond donors (Lipinski definition) is 1. The Morgan fingerprint density at radius 3 is 2.86 bits per heavy atom. The molecule has 0 saturated heterocycles. The lowest BCUT2D eigenvalue weighted by molar-refractivity contribution is 0.00802. The van der Waals surface area contributed by atoms with Gasteiger partial charge in [-0.15, -0.1) is 0 Å². The standard InChI is InChI=1S/C12H18O2/c1-2-14-11-4-3-8-7-5-9(12(8)11)10(13)6-7/h2,7-13H,1,3-6H2. The summed E-state index contributed by atoms with van der Waals surface area (Å²) < 4.78 is 5.57. The van der Waals surface area contributed by atoms with Crippen molar-refractivity contribution in [3.05, 3.63) is 12.8 Å². The lowest BCUT2D eigenvalue weighted by Crippen LogP contribution is -2.34. The predicted molar refractivity (Wildman–Crippen MR) is 53.5 cm³/mol. The fraction of sp³-hybridized carbons (Fsp3) is 0.833. The van der Waals surface area contributed by atoms with Crippen molar-refractivity contribution >= 4 is 0 Å². The summed E-state index contributed by atoms with van der Waals surface area (Å²) in [5.41, 5.74) is 0. The molecule has 0 spiro atoms. The van der Waals surface area contributed by atoms with Crippen LogP contribution in [0.1, 0.15) is 25.7 Å². The third-order valence-electron chi connectivity index (χ3n) is 4.69. The summed E-state index contributed by atoms with van der Waals surface area (Å²) in [7, 11) is 0. The predicted octanol–water partition coefficient (Wildman–Crippen LogP) is 1.94. The molecule has 3 saturated carbocycles. The minimum absolute atomic E-state index is 0.0461. The first-order valence-electron chi connectivity index (χ1n) is 5.75. The summed E-state index contributed by atoms with van der Waals surface area (Å²) in [6, 6.07) is 0. The molecule has 0 radical (unpaired) electrons. The lowest BCUT2D eigenvalue weighted by atomic mass is 9.79. The monoisotopic (exact) mass is 194 g/mol. The molecule has 2 bridgehead atoms. The number of hydrogen-bond acceptors (Lipinski definition) is 2. The molecule has 2 heteroatoms. The Morgan fingerprint density at radius 2 is 2.07 bits per heavy atom. The van der Waals surface area contributed by atoms with E-state index in [1.807, 2.05) is 0 Å². The molecule has 3 aliphatic rings. The zero-order valence-corrected chi connectivity index (χ0v) is 8.43. The SMILES string of the molecule is C=COC1CCC2C3CC(O)C(C3)C12. The maximum atomic E-state index is 9.87. The van der Waals surface area contributed by atoms with Gasteiger partial charge in [0.15, 0.2) is 0 Å². The second-order valence-corrected chi connectivity index (χ2v) is 5.12. The average molecular weight is 194 g/mol. The van der Waals surface area contributed by atoms with Crippen LogP contribution >= 0.6 is 0 Å². The minimum Gasteiger partial charge on any atom is -0.498 e. The summed E-state index contributed by atoms with van der Waals surface area (Å²) in [5.74, 6) is 2.78. The number of aliphatic hydroxyl groups is 1. The highest BCUT2D eigenvalue weighted by molar-refractivity contribution is 5.06. The van der Waals surface area contributed by atoms with Crippen LogP contribution in [0.3, 0.4) is 0 Å². The molecule has 0 aromatic rings. The molecule has 3 fully saturated rings. The van der Waals surface area contributed by atoms with Gasteiger partial charge in [0.2, 0.25) is 0 Å². The van der Waals surface area contributed by atoms with Crippen molar-refractivity contribution in [3.8, 4) is 0 Å². The smallest absolute Gasteiger partial charge is 0.101 e. The lowest BCUT2D eigenvalue weighted by Gasteiger charge is -2.31. The highest BCUT2D eigenvalue weighted by atomic mass is 16.5. The molecular formula is C12H18O2. The molecule has 3 rings (SSSR count). The third-order valence-corrected chi connectivity index (χ3v) is 4.69. The van der Waals surface area contributed by atoms with E-state index in [0.717, 1.165) is 18.3 Å². The normalized spacial score (nSPS) is 54.6. The quantitative estimate of drug-likeness (QED) is 0.681. The molecule has 2 nitrogen and oxygen atoms in total. The number of aliphatic hydroxyl groups excluding tert-OH is 1. The maximum absolute atomic E-state index is 9.87. The second-order valence-electron chi connectivity index (χ2n) is 5.12. The highest BCUT2D eigenvalue weighted by Gasteiger charge is 2.57. The molecule has 14 heavy (non-hydrogen) atoms. The summed E-state index contributed by atoms with van der Waals surface area (Å²) in [5, 5.41) is 9.87. The van der Waals surface area contributed by atoms with Gasteiger partial charge in [-0.25, -0.2) is 0 Å². The number of fused-ring (bicyclic) bond motifs is 5. The van der Waals surface area contributed by atoms with Crippen LogP contribution in [0, 0.1) is 23.7 Å². The Labute approximate surface area is 85.0 Å². The second kappa shape index (κ2) is 2.99. The van der Waals surface area contributed by atoms with Crippen LogP contribution in [0.2, 0.25) is 0 Å². The van der Waals surface area contributed by atoms with E-state index >= 15 is 0 Å². The van der Waals surface area contributed by atoms with Crippen LogP contribution in [-0.2, 0) is 4.74 Å². The van der Waals surface area contributed by atoms with E-state index in [2.05, 4.69) is 6.58 Å². The molecule has 78 valence electrons. The Morgan fingerprint density at radius 1 is 1.21 bits per heavy atom. The van der Waals surface area contributed by atoms with Gasteiger partial charge in [0, 0.05) is 5.92 Å². The van der Waals surface area contributed by atoms with Crippen molar-refractivity contribution < 1.29 is 9.84 Å². The Bertz CT molecular complexity index is 251. The van der Waals surface area contributed by atoms with Crippen molar-refractivity contribution in [1.29, 1.82) is 0 Å². The summed E-state index contributed by atoms with van der Waals surface area (Å²) in [4.78, 5) is 0. The van der Waals surface area contributed by atoms with Crippen molar-refractivity contribution in [2.24, 2.45) is 23.7 Å². The zero-order valence-electron chi connectivity index (χ0n) is 8.43. The first kappa shape index (κ1) is 8.78. The van der Waals surface area contributed by atoms with E-state index < -0.39 is 0 Å². The molecule has 6 atom stereocenters. The van der Waals surface area contributed by atoms with E-state index in [1.54, 1.807) is 6.26 Å². The van der Waals surface area contributed by atoms with Crippen LogP contribution in [-0.4, -0.2) is 17.3 Å². The van der Waals surface area contributed by atoms with Crippen molar-refractivity contribution in [2.45, 2.75) is 37.9 Å². The van der Waals surface area contributed by atoms with E-state index in [-0.39, 0.29) is 6.10 Å². The topological polar surface area (TPSA) is 29.5 Å². The van der Waals surface area contributed by atoms with Gasteiger partial charge < -0.3 is 9.84 Å². The molecule has 6 unspecified atom stereocenters. The van der Waals surface area contributed by atoms with Gasteiger partial charge in [-0.3, -0.25) is 0 Å². The Balaban J connectivity index is 1.81. The van der Waals surface area contributed by atoms with Crippen molar-refractivity contribution in [1.82, 2.24) is 0 Å². The van der Waals surface area contributed by atoms with Gasteiger partial charge in [0.25, 0.3) is 0 Å². The highest BCUT2D eigenvalue weighted by Crippen LogP contribution is 2.59. The third kappa shape index (κ3) is 1.01. The Kier molecular flexibility index (Phi) is 1.88. The summed E-state index contributed by atoms with van der Waals surface area (Å²) >= 11 is 0. The molecule has 3 aliphatic carbocycles. The summed E-state index contributed by atoms with van der Waals surface area (Å²) in [6.45, 7) is 3.63. The molecule has 0 heterocycles. The van der Waals surface area contributed by atoms with E-state index in [9.17, 15) is 5.11 Å². The molecule has 1 N–H and O–H groups in total. The van der Waals surface area contributed by atoms with Gasteiger partial charge in [-0.05, 0) is 43.4 Å². The van der Waals surface area contributed by atoms with E-state index in [1.165, 1.54) is 19.3 Å². The van der Waals surface area contributed by atoms with Crippen molar-refractivity contribution in [3.63, 3.8) is 0 Å². The van der Waals surface area contributed by atoms with Crippen LogP contribution < -0.4 is 0 Å². The largest absolute Gasteiger partial charge is 0.498 e. The molecule has 0 aliphatic heterocycles. The first-order valence-corrected chi connectivity index (χ1v) is 5.75. The van der Waals surface area contributed by atoms with E-state index in [4.69, 9.17) is 4.74 Å². The van der Waals surface area contributed by atoms with Crippen LogP contribution in [0.4, 0.5) is 0 Å². The summed E-state index contributed by atoms with van der Waals surface area (Å²) in [6.07, 6.45) is 6.64. The van der Waals surface area contributed by atoms with Gasteiger partial charge >= 0.3 is 0 Å². The van der Waals surface area contributed by atoms with Crippen molar-refractivity contribution in [2.75, 3.05) is 0 Å². The fourth-order valence-electron chi connectivity index (χ4n) is 4.29. The van der Waals surface area contributed by atoms with Crippen LogP contribution in [0.25, 0.3) is 0 Å². The average Bonchev–Trinajstić information content (AvgIpc) is 2.77. The molecule has 0 amide bonds. The maximum Gasteiger partial charge on any atom is 0.101 e. The van der Waals surface area contributed by atoms with Gasteiger partial charge in [-0.1, -0.05) is 6.58 Å². The number of rotatable bonds is 2. The van der Waals surface area contributed by atoms with E-state index in [0.29, 0.717) is 17.9 Å². The zero-order chi connectivity index (χ0) is 9.71. The van der Waals surface area contributed by atoms with Crippen LogP contribution in [0.15, 0.2) is 12.8 Å². The number of ether oxygens (including phenoxy) is 1. The minimum atomic E-state index is -0.0461.